The molecule has 18 heavy (non-hydrogen) atoms. The lowest BCUT2D eigenvalue weighted by atomic mass is 9.98. The summed E-state index contributed by atoms with van der Waals surface area (Å²) in [5.74, 6) is 0.969. The molecule has 1 aliphatic heterocycles. The van der Waals surface area contributed by atoms with Crippen molar-refractivity contribution < 1.29 is 0 Å². The first kappa shape index (κ1) is 14.3. The summed E-state index contributed by atoms with van der Waals surface area (Å²) in [7, 11) is 0. The topological polar surface area (TPSA) is 15.3 Å². The number of nitrogens with one attached hydrogen (secondary N) is 1. The zero-order valence-corrected chi connectivity index (χ0v) is 12.5. The fourth-order valence-electron chi connectivity index (χ4n) is 3.57. The Bertz CT molecular complexity index is 213. The van der Waals surface area contributed by atoms with Crippen molar-refractivity contribution in [1.29, 1.82) is 0 Å². The smallest absolute Gasteiger partial charge is 0.0195 e. The molecule has 0 aromatic rings. The van der Waals surface area contributed by atoms with Crippen molar-refractivity contribution in [3.8, 4) is 0 Å². The van der Waals surface area contributed by atoms with Crippen LogP contribution in [0.15, 0.2) is 0 Å². The lowest BCUT2D eigenvalue weighted by molar-refractivity contribution is 0.164. The minimum Gasteiger partial charge on any atom is -0.313 e. The van der Waals surface area contributed by atoms with Gasteiger partial charge in [0.15, 0.2) is 0 Å². The zero-order valence-electron chi connectivity index (χ0n) is 12.5. The molecule has 1 atom stereocenters. The van der Waals surface area contributed by atoms with Crippen molar-refractivity contribution in [2.24, 2.45) is 5.92 Å². The minimum absolute atomic E-state index is 0.704. The van der Waals surface area contributed by atoms with Gasteiger partial charge < -0.3 is 5.32 Å². The standard InChI is InChI=1S/C16H32N2/c1-14(2)18(13-16-10-7-11-17-16)12-15-8-5-3-4-6-9-15/h14-17H,3-13H2,1-2H3. The van der Waals surface area contributed by atoms with Gasteiger partial charge in [-0.15, -0.1) is 0 Å². The molecule has 106 valence electrons. The third kappa shape index (κ3) is 4.55. The van der Waals surface area contributed by atoms with E-state index in [1.165, 1.54) is 71.0 Å². The Labute approximate surface area is 114 Å². The monoisotopic (exact) mass is 252 g/mol. The second-order valence-corrected chi connectivity index (χ2v) is 6.70. The molecule has 1 saturated carbocycles. The molecule has 2 rings (SSSR count). The second kappa shape index (κ2) is 7.49. The summed E-state index contributed by atoms with van der Waals surface area (Å²) < 4.78 is 0. The average Bonchev–Trinajstić information content (AvgIpc) is 2.71. The van der Waals surface area contributed by atoms with Crippen LogP contribution in [0.25, 0.3) is 0 Å². The Hall–Kier alpha value is -0.0800. The SMILES string of the molecule is CC(C)N(CC1CCCCCC1)CC1CCCN1. The highest BCUT2D eigenvalue weighted by Gasteiger charge is 2.22. The summed E-state index contributed by atoms with van der Waals surface area (Å²) >= 11 is 0. The van der Waals surface area contributed by atoms with E-state index in [-0.39, 0.29) is 0 Å². The molecular weight excluding hydrogens is 220 g/mol. The predicted octanol–water partition coefficient (Wildman–Crippen LogP) is 3.42. The predicted molar refractivity (Wildman–Crippen MR) is 78.9 cm³/mol. The molecule has 1 N–H and O–H groups in total. The maximum atomic E-state index is 3.65. The molecule has 0 bridgehead atoms. The quantitative estimate of drug-likeness (QED) is 0.754. The van der Waals surface area contributed by atoms with Gasteiger partial charge in [-0.3, -0.25) is 4.90 Å². The van der Waals surface area contributed by atoms with E-state index in [1.807, 2.05) is 0 Å². The van der Waals surface area contributed by atoms with E-state index in [0.29, 0.717) is 6.04 Å². The largest absolute Gasteiger partial charge is 0.313 e. The van der Waals surface area contributed by atoms with Crippen LogP contribution in [0.2, 0.25) is 0 Å². The minimum atomic E-state index is 0.704. The molecule has 0 aromatic carbocycles. The van der Waals surface area contributed by atoms with Gasteiger partial charge in [-0.1, -0.05) is 25.7 Å². The van der Waals surface area contributed by atoms with E-state index in [0.717, 1.165) is 12.0 Å². The number of hydrogen-bond acceptors (Lipinski definition) is 2. The maximum Gasteiger partial charge on any atom is 0.0195 e. The molecule has 2 fully saturated rings. The molecule has 1 unspecified atom stereocenters. The lowest BCUT2D eigenvalue weighted by Crippen LogP contribution is -2.43. The number of rotatable bonds is 5. The summed E-state index contributed by atoms with van der Waals surface area (Å²) in [5, 5.41) is 3.65. The third-order valence-corrected chi connectivity index (χ3v) is 4.82. The molecule has 2 heteroatoms. The average molecular weight is 252 g/mol. The van der Waals surface area contributed by atoms with Crippen molar-refractivity contribution in [3.05, 3.63) is 0 Å². The Balaban J connectivity index is 1.80. The lowest BCUT2D eigenvalue weighted by Gasteiger charge is -2.32. The van der Waals surface area contributed by atoms with Crippen LogP contribution in [0.1, 0.15) is 65.2 Å². The molecular formula is C16H32N2. The first-order valence-corrected chi connectivity index (χ1v) is 8.23. The summed E-state index contributed by atoms with van der Waals surface area (Å²) in [4.78, 5) is 2.74. The Morgan fingerprint density at radius 2 is 1.67 bits per heavy atom. The van der Waals surface area contributed by atoms with Crippen molar-refractivity contribution in [1.82, 2.24) is 10.2 Å². The van der Waals surface area contributed by atoms with Gasteiger partial charge in [0.1, 0.15) is 0 Å². The van der Waals surface area contributed by atoms with Crippen LogP contribution >= 0.6 is 0 Å². The highest BCUT2D eigenvalue weighted by atomic mass is 15.2. The Kier molecular flexibility index (Phi) is 5.97. The molecule has 1 saturated heterocycles. The van der Waals surface area contributed by atoms with Gasteiger partial charge in [-0.25, -0.2) is 0 Å². The van der Waals surface area contributed by atoms with E-state index in [1.54, 1.807) is 0 Å². The van der Waals surface area contributed by atoms with Crippen LogP contribution in [0.3, 0.4) is 0 Å². The first-order valence-electron chi connectivity index (χ1n) is 8.23. The zero-order chi connectivity index (χ0) is 12.8. The molecule has 0 spiro atoms. The van der Waals surface area contributed by atoms with Crippen LogP contribution in [0, 0.1) is 5.92 Å². The normalized spacial score (nSPS) is 27.0. The number of hydrogen-bond donors (Lipinski definition) is 1. The molecule has 1 aliphatic carbocycles. The molecule has 2 aliphatic rings. The van der Waals surface area contributed by atoms with Crippen molar-refractivity contribution >= 4 is 0 Å². The summed E-state index contributed by atoms with van der Waals surface area (Å²) in [6, 6.07) is 1.47. The van der Waals surface area contributed by atoms with Gasteiger partial charge in [0, 0.05) is 25.2 Å². The fraction of sp³-hybridized carbons (Fsp3) is 1.00. The highest BCUT2D eigenvalue weighted by molar-refractivity contribution is 4.81. The van der Waals surface area contributed by atoms with Crippen LogP contribution in [0.4, 0.5) is 0 Å². The maximum absolute atomic E-state index is 3.65. The molecule has 0 amide bonds. The Morgan fingerprint density at radius 3 is 2.22 bits per heavy atom. The van der Waals surface area contributed by atoms with Crippen molar-refractivity contribution in [2.75, 3.05) is 19.6 Å². The second-order valence-electron chi connectivity index (χ2n) is 6.70. The summed E-state index contributed by atoms with van der Waals surface area (Å²) in [5.41, 5.74) is 0. The van der Waals surface area contributed by atoms with Gasteiger partial charge >= 0.3 is 0 Å². The van der Waals surface area contributed by atoms with Gasteiger partial charge in [0.2, 0.25) is 0 Å². The van der Waals surface area contributed by atoms with E-state index in [2.05, 4.69) is 24.1 Å². The summed E-state index contributed by atoms with van der Waals surface area (Å²) in [6.45, 7) is 8.58. The molecule has 2 nitrogen and oxygen atoms in total. The van der Waals surface area contributed by atoms with E-state index in [4.69, 9.17) is 0 Å². The molecule has 0 radical (unpaired) electrons. The van der Waals surface area contributed by atoms with Gasteiger partial charge in [0.25, 0.3) is 0 Å². The van der Waals surface area contributed by atoms with Crippen LogP contribution in [0.5, 0.6) is 0 Å². The van der Waals surface area contributed by atoms with E-state index in [9.17, 15) is 0 Å². The van der Waals surface area contributed by atoms with Gasteiger partial charge in [0.05, 0.1) is 0 Å². The van der Waals surface area contributed by atoms with Crippen LogP contribution in [-0.4, -0.2) is 36.6 Å². The fourth-order valence-corrected chi connectivity index (χ4v) is 3.57. The van der Waals surface area contributed by atoms with E-state index >= 15 is 0 Å². The van der Waals surface area contributed by atoms with Crippen molar-refractivity contribution in [2.45, 2.75) is 77.3 Å². The van der Waals surface area contributed by atoms with Crippen LogP contribution in [-0.2, 0) is 0 Å². The van der Waals surface area contributed by atoms with Crippen LogP contribution < -0.4 is 5.32 Å². The van der Waals surface area contributed by atoms with Crippen molar-refractivity contribution in [3.63, 3.8) is 0 Å². The molecule has 1 heterocycles. The van der Waals surface area contributed by atoms with Gasteiger partial charge in [-0.2, -0.15) is 0 Å². The Morgan fingerprint density at radius 1 is 0.944 bits per heavy atom. The summed E-state index contributed by atoms with van der Waals surface area (Å²) in [6.07, 6.45) is 11.6. The third-order valence-electron chi connectivity index (χ3n) is 4.82. The van der Waals surface area contributed by atoms with E-state index < -0.39 is 0 Å². The number of nitrogens with zero attached hydrogens (tertiary/aromatic N) is 1. The first-order chi connectivity index (χ1) is 8.75. The molecule has 0 aromatic heterocycles. The highest BCUT2D eigenvalue weighted by Crippen LogP contribution is 2.24. The van der Waals surface area contributed by atoms with Gasteiger partial charge in [-0.05, 0) is 52.0 Å².